The van der Waals surface area contributed by atoms with Crippen molar-refractivity contribution in [3.63, 3.8) is 0 Å². The molecule has 0 radical (unpaired) electrons. The Morgan fingerprint density at radius 3 is 2.73 bits per heavy atom. The van der Waals surface area contributed by atoms with E-state index in [4.69, 9.17) is 9.47 Å². The molecule has 2 heteroatoms. The highest BCUT2D eigenvalue weighted by atomic mass is 16.7. The van der Waals surface area contributed by atoms with E-state index in [0.717, 1.165) is 25.9 Å². The third kappa shape index (κ3) is 2.04. The first kappa shape index (κ1) is 8.75. The molecule has 0 aromatic rings. The molecule has 0 saturated carbocycles. The smallest absolute Gasteiger partial charge is 0.171 e. The molecule has 0 heterocycles. The van der Waals surface area contributed by atoms with Crippen LogP contribution in [0.1, 0.15) is 26.2 Å². The average molecular weight is 156 g/mol. The molecule has 0 aliphatic heterocycles. The van der Waals surface area contributed by atoms with Crippen LogP contribution in [0.3, 0.4) is 0 Å². The van der Waals surface area contributed by atoms with Gasteiger partial charge in [0.2, 0.25) is 0 Å². The fourth-order valence-corrected chi connectivity index (χ4v) is 1.42. The summed E-state index contributed by atoms with van der Waals surface area (Å²) < 4.78 is 10.9. The van der Waals surface area contributed by atoms with Crippen LogP contribution < -0.4 is 0 Å². The molecule has 0 amide bonds. The van der Waals surface area contributed by atoms with Gasteiger partial charge < -0.3 is 9.47 Å². The van der Waals surface area contributed by atoms with E-state index in [1.54, 1.807) is 7.11 Å². The predicted molar refractivity (Wildman–Crippen MR) is 44.4 cm³/mol. The van der Waals surface area contributed by atoms with E-state index in [0.29, 0.717) is 0 Å². The minimum atomic E-state index is -0.316. The van der Waals surface area contributed by atoms with E-state index in [2.05, 4.69) is 12.2 Å². The predicted octanol–water partition coefficient (Wildman–Crippen LogP) is 2.11. The van der Waals surface area contributed by atoms with Crippen molar-refractivity contribution in [3.05, 3.63) is 12.2 Å². The number of rotatable bonds is 3. The summed E-state index contributed by atoms with van der Waals surface area (Å²) in [5.41, 5.74) is 0. The summed E-state index contributed by atoms with van der Waals surface area (Å²) >= 11 is 0. The van der Waals surface area contributed by atoms with E-state index in [1.807, 2.05) is 6.92 Å². The quantitative estimate of drug-likeness (QED) is 0.460. The molecule has 64 valence electrons. The lowest BCUT2D eigenvalue weighted by atomic mass is 10.0. The van der Waals surface area contributed by atoms with Gasteiger partial charge in [0.1, 0.15) is 0 Å². The molecule has 1 rings (SSSR count). The van der Waals surface area contributed by atoms with Gasteiger partial charge in [0.25, 0.3) is 0 Å². The van der Waals surface area contributed by atoms with Gasteiger partial charge in [0, 0.05) is 26.6 Å². The Bertz CT molecular complexity index is 142. The van der Waals surface area contributed by atoms with Crippen molar-refractivity contribution in [1.82, 2.24) is 0 Å². The van der Waals surface area contributed by atoms with Crippen LogP contribution in [0.15, 0.2) is 12.2 Å². The van der Waals surface area contributed by atoms with Crippen molar-refractivity contribution in [3.8, 4) is 0 Å². The summed E-state index contributed by atoms with van der Waals surface area (Å²) in [4.78, 5) is 0. The number of methoxy groups -OCH3 is 1. The molecule has 1 atom stereocenters. The second kappa shape index (κ2) is 3.88. The normalized spacial score (nSPS) is 30.7. The maximum absolute atomic E-state index is 5.55. The van der Waals surface area contributed by atoms with Gasteiger partial charge in [-0.1, -0.05) is 12.2 Å². The fraction of sp³-hybridized carbons (Fsp3) is 0.778. The number of allylic oxidation sites excluding steroid dienone is 1. The monoisotopic (exact) mass is 156 g/mol. The molecule has 0 fully saturated rings. The van der Waals surface area contributed by atoms with E-state index in [-0.39, 0.29) is 5.79 Å². The third-order valence-electron chi connectivity index (χ3n) is 2.07. The van der Waals surface area contributed by atoms with Crippen LogP contribution in [-0.4, -0.2) is 19.5 Å². The molecule has 2 nitrogen and oxygen atoms in total. The van der Waals surface area contributed by atoms with Crippen LogP contribution in [0, 0.1) is 0 Å². The van der Waals surface area contributed by atoms with Crippen molar-refractivity contribution in [2.75, 3.05) is 13.7 Å². The fourth-order valence-electron chi connectivity index (χ4n) is 1.42. The zero-order valence-corrected chi connectivity index (χ0v) is 7.30. The third-order valence-corrected chi connectivity index (χ3v) is 2.07. The summed E-state index contributed by atoms with van der Waals surface area (Å²) in [5.74, 6) is -0.316. The van der Waals surface area contributed by atoms with E-state index in [1.165, 1.54) is 0 Å². The van der Waals surface area contributed by atoms with Crippen molar-refractivity contribution in [2.24, 2.45) is 0 Å². The van der Waals surface area contributed by atoms with Crippen LogP contribution in [0.25, 0.3) is 0 Å². The minimum Gasteiger partial charge on any atom is -0.353 e. The molecule has 0 spiro atoms. The summed E-state index contributed by atoms with van der Waals surface area (Å²) in [7, 11) is 1.72. The van der Waals surface area contributed by atoms with Crippen molar-refractivity contribution < 1.29 is 9.47 Å². The Balaban J connectivity index is 2.51. The lowest BCUT2D eigenvalue weighted by molar-refractivity contribution is -0.223. The van der Waals surface area contributed by atoms with Gasteiger partial charge >= 0.3 is 0 Å². The second-order valence-corrected chi connectivity index (χ2v) is 2.76. The SMILES string of the molecule is CCOC1(OC)CC=CCC1. The zero-order chi connectivity index (χ0) is 8.16. The highest BCUT2D eigenvalue weighted by Gasteiger charge is 2.29. The van der Waals surface area contributed by atoms with Crippen LogP contribution in [0.5, 0.6) is 0 Å². The van der Waals surface area contributed by atoms with Gasteiger partial charge in [-0.25, -0.2) is 0 Å². The Morgan fingerprint density at radius 1 is 1.45 bits per heavy atom. The van der Waals surface area contributed by atoms with E-state index in [9.17, 15) is 0 Å². The number of hydrogen-bond acceptors (Lipinski definition) is 2. The summed E-state index contributed by atoms with van der Waals surface area (Å²) in [6.07, 6.45) is 7.23. The summed E-state index contributed by atoms with van der Waals surface area (Å²) in [6, 6.07) is 0. The highest BCUT2D eigenvalue weighted by Crippen LogP contribution is 2.27. The van der Waals surface area contributed by atoms with Gasteiger partial charge in [-0.2, -0.15) is 0 Å². The van der Waals surface area contributed by atoms with E-state index < -0.39 is 0 Å². The van der Waals surface area contributed by atoms with Gasteiger partial charge in [-0.3, -0.25) is 0 Å². The molecular formula is C9H16O2. The molecule has 0 aromatic heterocycles. The van der Waals surface area contributed by atoms with Crippen LogP contribution >= 0.6 is 0 Å². The standard InChI is InChI=1S/C9H16O2/c1-3-11-9(10-2)7-5-4-6-8-9/h4-5H,3,6-8H2,1-2H3. The first-order valence-electron chi connectivity index (χ1n) is 4.17. The Morgan fingerprint density at radius 2 is 2.27 bits per heavy atom. The zero-order valence-electron chi connectivity index (χ0n) is 7.30. The topological polar surface area (TPSA) is 18.5 Å². The lowest BCUT2D eigenvalue weighted by Gasteiger charge is -2.32. The van der Waals surface area contributed by atoms with E-state index >= 15 is 0 Å². The second-order valence-electron chi connectivity index (χ2n) is 2.76. The average Bonchev–Trinajstić information content (AvgIpc) is 2.07. The molecule has 0 N–H and O–H groups in total. The van der Waals surface area contributed by atoms with Gasteiger partial charge in [0.15, 0.2) is 5.79 Å². The number of hydrogen-bond donors (Lipinski definition) is 0. The summed E-state index contributed by atoms with van der Waals surface area (Å²) in [5, 5.41) is 0. The van der Waals surface area contributed by atoms with Crippen LogP contribution in [-0.2, 0) is 9.47 Å². The molecule has 11 heavy (non-hydrogen) atoms. The first-order valence-corrected chi connectivity index (χ1v) is 4.17. The van der Waals surface area contributed by atoms with Gasteiger partial charge in [0.05, 0.1) is 0 Å². The van der Waals surface area contributed by atoms with Crippen molar-refractivity contribution >= 4 is 0 Å². The summed E-state index contributed by atoms with van der Waals surface area (Å²) in [6.45, 7) is 2.72. The highest BCUT2D eigenvalue weighted by molar-refractivity contribution is 4.94. The maximum Gasteiger partial charge on any atom is 0.171 e. The Labute approximate surface area is 68.2 Å². The Kier molecular flexibility index (Phi) is 3.09. The molecule has 1 unspecified atom stereocenters. The molecule has 1 aliphatic carbocycles. The Hall–Kier alpha value is -0.340. The largest absolute Gasteiger partial charge is 0.353 e. The maximum atomic E-state index is 5.55. The van der Waals surface area contributed by atoms with Crippen LogP contribution in [0.4, 0.5) is 0 Å². The molecule has 1 aliphatic rings. The van der Waals surface area contributed by atoms with Gasteiger partial charge in [-0.05, 0) is 13.3 Å². The van der Waals surface area contributed by atoms with Gasteiger partial charge in [-0.15, -0.1) is 0 Å². The minimum absolute atomic E-state index is 0.316. The van der Waals surface area contributed by atoms with Crippen molar-refractivity contribution in [2.45, 2.75) is 32.0 Å². The number of ether oxygens (including phenoxy) is 2. The molecule has 0 saturated heterocycles. The first-order chi connectivity index (χ1) is 5.33. The molecule has 0 aromatic carbocycles. The van der Waals surface area contributed by atoms with Crippen LogP contribution in [0.2, 0.25) is 0 Å². The molecule has 0 bridgehead atoms. The lowest BCUT2D eigenvalue weighted by Crippen LogP contribution is -2.35. The van der Waals surface area contributed by atoms with Crippen molar-refractivity contribution in [1.29, 1.82) is 0 Å². The molecular weight excluding hydrogens is 140 g/mol.